The lowest BCUT2D eigenvalue weighted by atomic mass is 10.2. The summed E-state index contributed by atoms with van der Waals surface area (Å²) in [5.74, 6) is -0.675. The minimum Gasteiger partial charge on any atom is -0.493 e. The predicted octanol–water partition coefficient (Wildman–Crippen LogP) is 4.66. The van der Waals surface area contributed by atoms with Gasteiger partial charge in [-0.2, -0.15) is 0 Å². The van der Waals surface area contributed by atoms with Crippen molar-refractivity contribution in [2.45, 2.75) is 11.4 Å². The van der Waals surface area contributed by atoms with Gasteiger partial charge in [0.1, 0.15) is 10.7 Å². The van der Waals surface area contributed by atoms with Crippen LogP contribution in [0.5, 0.6) is 5.88 Å². The van der Waals surface area contributed by atoms with E-state index in [-0.39, 0.29) is 33.8 Å². The Morgan fingerprint density at radius 3 is 2.52 bits per heavy atom. The van der Waals surface area contributed by atoms with Gasteiger partial charge in [-0.3, -0.25) is 0 Å². The summed E-state index contributed by atoms with van der Waals surface area (Å²) in [6.07, 6.45) is 0. The molecule has 3 aromatic carbocycles. The summed E-state index contributed by atoms with van der Waals surface area (Å²) in [6, 6.07) is 19.4. The predicted molar refractivity (Wildman–Crippen MR) is 128 cm³/mol. The van der Waals surface area contributed by atoms with Crippen molar-refractivity contribution in [3.8, 4) is 5.88 Å². The molecular formula is C22H18FN5O3S2. The fraction of sp³-hybridized carbons (Fsp3) is 0.0455. The maximum atomic E-state index is 13.9. The topological polar surface area (TPSA) is 122 Å². The van der Waals surface area contributed by atoms with Gasteiger partial charge < -0.3 is 15.0 Å². The van der Waals surface area contributed by atoms with E-state index >= 15 is 0 Å². The number of benzene rings is 3. The second-order valence-corrected chi connectivity index (χ2v) is 8.99. The van der Waals surface area contributed by atoms with Gasteiger partial charge in [0.15, 0.2) is 5.69 Å². The molecular weight excluding hydrogens is 465 g/mol. The number of nitrogens with two attached hydrogens (primary N) is 1. The zero-order valence-electron chi connectivity index (χ0n) is 17.0. The summed E-state index contributed by atoms with van der Waals surface area (Å²) in [7, 11) is -3.99. The Hall–Kier alpha value is -3.67. The van der Waals surface area contributed by atoms with Crippen LogP contribution in [0.2, 0.25) is 0 Å². The van der Waals surface area contributed by atoms with E-state index in [1.54, 1.807) is 6.07 Å². The molecule has 33 heavy (non-hydrogen) atoms. The van der Waals surface area contributed by atoms with E-state index < -0.39 is 15.8 Å². The standard InChI is InChI=1S/C22H18FN5O3S2/c23-15-10-11-16-18(12-15)28(13-14-6-2-1-3-7-14)21(29)20(16)26-27-22(32)25-17-8-4-5-9-19(17)33(24,30)31/h1-12,29H,13H2,(H,25,32)(H2,24,30,31). The Morgan fingerprint density at radius 1 is 1.09 bits per heavy atom. The second kappa shape index (κ2) is 9.06. The molecule has 168 valence electrons. The van der Waals surface area contributed by atoms with Crippen LogP contribution < -0.4 is 10.5 Å². The fourth-order valence-electron chi connectivity index (χ4n) is 3.37. The Labute approximate surface area is 194 Å². The molecule has 4 rings (SSSR count). The maximum Gasteiger partial charge on any atom is 0.240 e. The van der Waals surface area contributed by atoms with Crippen LogP contribution in [0.4, 0.5) is 15.8 Å². The Kier molecular flexibility index (Phi) is 6.18. The highest BCUT2D eigenvalue weighted by Crippen LogP contribution is 2.39. The van der Waals surface area contributed by atoms with Gasteiger partial charge in [-0.25, -0.2) is 17.9 Å². The van der Waals surface area contributed by atoms with Crippen LogP contribution in [0.1, 0.15) is 5.56 Å². The number of thiocarbonyl (C=S) groups is 1. The fourth-order valence-corrected chi connectivity index (χ4v) is 4.21. The average Bonchev–Trinajstić information content (AvgIpc) is 3.03. The van der Waals surface area contributed by atoms with Crippen molar-refractivity contribution in [3.05, 3.63) is 84.2 Å². The van der Waals surface area contributed by atoms with Crippen LogP contribution in [0, 0.1) is 5.82 Å². The van der Waals surface area contributed by atoms with Crippen LogP contribution in [0.3, 0.4) is 0 Å². The molecule has 0 aliphatic rings. The number of azo groups is 1. The van der Waals surface area contributed by atoms with Crippen molar-refractivity contribution in [2.24, 2.45) is 15.4 Å². The van der Waals surface area contributed by atoms with Gasteiger partial charge in [0.05, 0.1) is 17.7 Å². The summed E-state index contributed by atoms with van der Waals surface area (Å²) in [5.41, 5.74) is 1.57. The molecule has 0 radical (unpaired) electrons. The Morgan fingerprint density at radius 2 is 1.79 bits per heavy atom. The third kappa shape index (κ3) is 4.90. The van der Waals surface area contributed by atoms with Crippen molar-refractivity contribution in [2.75, 3.05) is 5.32 Å². The van der Waals surface area contributed by atoms with Crippen LogP contribution in [0.15, 0.2) is 87.9 Å². The van der Waals surface area contributed by atoms with Crippen LogP contribution >= 0.6 is 12.2 Å². The molecule has 1 heterocycles. The SMILES string of the molecule is NS(=O)(=O)c1ccccc1NC(=S)N=Nc1c(O)n(Cc2ccccc2)c2cc(F)ccc12. The number of aromatic hydroxyl groups is 1. The van der Waals surface area contributed by atoms with Gasteiger partial charge in [-0.05, 0) is 48.1 Å². The zero-order valence-corrected chi connectivity index (χ0v) is 18.6. The number of hydrogen-bond donors (Lipinski definition) is 3. The lowest BCUT2D eigenvalue weighted by Crippen LogP contribution is -2.16. The van der Waals surface area contributed by atoms with Gasteiger partial charge >= 0.3 is 0 Å². The second-order valence-electron chi connectivity index (χ2n) is 7.08. The number of nitrogens with one attached hydrogen (secondary N) is 1. The van der Waals surface area contributed by atoms with E-state index in [0.29, 0.717) is 10.9 Å². The first-order valence-corrected chi connectivity index (χ1v) is 11.6. The number of para-hydroxylation sites is 1. The van der Waals surface area contributed by atoms with E-state index in [1.165, 1.54) is 41.0 Å². The smallest absolute Gasteiger partial charge is 0.240 e. The number of hydrogen-bond acceptors (Lipinski definition) is 5. The number of primary sulfonamides is 1. The average molecular weight is 484 g/mol. The molecule has 0 spiro atoms. The number of aromatic nitrogens is 1. The van der Waals surface area contributed by atoms with E-state index in [2.05, 4.69) is 15.5 Å². The molecule has 4 N–H and O–H groups in total. The Bertz CT molecular complexity index is 1480. The minimum atomic E-state index is -3.99. The van der Waals surface area contributed by atoms with Gasteiger partial charge in [0.25, 0.3) is 0 Å². The summed E-state index contributed by atoms with van der Waals surface area (Å²) < 4.78 is 39.0. The molecule has 0 aliphatic heterocycles. The first-order chi connectivity index (χ1) is 15.7. The van der Waals surface area contributed by atoms with Crippen LogP contribution in [-0.4, -0.2) is 23.2 Å². The molecule has 1 aromatic heterocycles. The van der Waals surface area contributed by atoms with Crippen molar-refractivity contribution in [3.63, 3.8) is 0 Å². The summed E-state index contributed by atoms with van der Waals surface area (Å²) in [4.78, 5) is -0.152. The summed E-state index contributed by atoms with van der Waals surface area (Å²) >= 11 is 5.16. The molecule has 0 aliphatic carbocycles. The van der Waals surface area contributed by atoms with Gasteiger partial charge in [-0.1, -0.05) is 42.5 Å². The maximum absolute atomic E-state index is 13.9. The molecule has 0 saturated heterocycles. The van der Waals surface area contributed by atoms with Crippen molar-refractivity contribution < 1.29 is 17.9 Å². The van der Waals surface area contributed by atoms with Gasteiger partial charge in [-0.15, -0.1) is 10.2 Å². The number of anilines is 1. The van der Waals surface area contributed by atoms with E-state index in [1.807, 2.05) is 30.3 Å². The van der Waals surface area contributed by atoms with Crippen molar-refractivity contribution in [1.29, 1.82) is 0 Å². The number of fused-ring (bicyclic) bond motifs is 1. The highest BCUT2D eigenvalue weighted by Gasteiger charge is 2.18. The third-order valence-electron chi connectivity index (χ3n) is 4.83. The number of rotatable bonds is 5. The number of halogens is 1. The first-order valence-electron chi connectivity index (χ1n) is 9.63. The third-order valence-corrected chi connectivity index (χ3v) is 5.99. The number of sulfonamides is 1. The largest absolute Gasteiger partial charge is 0.493 e. The minimum absolute atomic E-state index is 0.102. The van der Waals surface area contributed by atoms with Crippen molar-refractivity contribution >= 4 is 49.6 Å². The molecule has 4 aromatic rings. The molecule has 0 amide bonds. The summed E-state index contributed by atoms with van der Waals surface area (Å²) in [6.45, 7) is 0.284. The molecule has 0 atom stereocenters. The van der Waals surface area contributed by atoms with Crippen LogP contribution in [-0.2, 0) is 16.6 Å². The normalized spacial score (nSPS) is 11.8. The number of nitrogens with zero attached hydrogens (tertiary/aromatic N) is 3. The lowest BCUT2D eigenvalue weighted by molar-refractivity contribution is 0.429. The molecule has 0 bridgehead atoms. The van der Waals surface area contributed by atoms with E-state index in [4.69, 9.17) is 17.4 Å². The van der Waals surface area contributed by atoms with E-state index in [0.717, 1.165) is 5.56 Å². The highest BCUT2D eigenvalue weighted by molar-refractivity contribution is 7.89. The first kappa shape index (κ1) is 22.5. The van der Waals surface area contributed by atoms with Gasteiger partial charge in [0, 0.05) is 5.39 Å². The van der Waals surface area contributed by atoms with Gasteiger partial charge in [0.2, 0.25) is 21.0 Å². The van der Waals surface area contributed by atoms with Crippen molar-refractivity contribution in [1.82, 2.24) is 4.57 Å². The quantitative estimate of drug-likeness (QED) is 0.281. The zero-order chi connectivity index (χ0) is 23.6. The lowest BCUT2D eigenvalue weighted by Gasteiger charge is -2.08. The molecule has 0 unspecified atom stereocenters. The molecule has 0 saturated carbocycles. The Balaban J connectivity index is 1.68. The molecule has 8 nitrogen and oxygen atoms in total. The van der Waals surface area contributed by atoms with E-state index in [9.17, 15) is 17.9 Å². The van der Waals surface area contributed by atoms with Crippen LogP contribution in [0.25, 0.3) is 10.9 Å². The molecule has 11 heteroatoms. The monoisotopic (exact) mass is 483 g/mol. The highest BCUT2D eigenvalue weighted by atomic mass is 32.2. The summed E-state index contributed by atoms with van der Waals surface area (Å²) in [5, 5.41) is 27.0. The molecule has 0 fully saturated rings.